The Hall–Kier alpha value is -3.05. The Bertz CT molecular complexity index is 1080. The van der Waals surface area contributed by atoms with E-state index in [1.165, 1.54) is 51.4 Å². The van der Waals surface area contributed by atoms with Crippen molar-refractivity contribution < 1.29 is 26.8 Å². The molecule has 1 atom stereocenters. The van der Waals surface area contributed by atoms with E-state index in [1.807, 2.05) is 0 Å². The number of anilines is 1. The Morgan fingerprint density at radius 2 is 1.64 bits per heavy atom. The van der Waals surface area contributed by atoms with Crippen LogP contribution in [-0.4, -0.2) is 62.7 Å². The molecule has 2 aromatic carbocycles. The lowest BCUT2D eigenvalue weighted by Gasteiger charge is -2.32. The number of hydrogen-bond acceptors (Lipinski definition) is 4. The maximum absolute atomic E-state index is 14.3. The molecule has 1 N–H and O–H groups in total. The highest BCUT2D eigenvalue weighted by molar-refractivity contribution is 7.90. The SMILES string of the molecule is CCNC(=O)[C@@H](C)N(Cc1ccccc1F)C(=O)CN(c1ccc(F)cc1)S(=O)(=O)N(C)C. The van der Waals surface area contributed by atoms with Gasteiger partial charge in [-0.25, -0.2) is 13.1 Å². The summed E-state index contributed by atoms with van der Waals surface area (Å²) in [6.07, 6.45) is 0. The van der Waals surface area contributed by atoms with Gasteiger partial charge >= 0.3 is 10.2 Å². The number of halogens is 2. The molecule has 180 valence electrons. The van der Waals surface area contributed by atoms with Crippen LogP contribution in [0.5, 0.6) is 0 Å². The summed E-state index contributed by atoms with van der Waals surface area (Å²) in [4.78, 5) is 27.0. The van der Waals surface area contributed by atoms with Gasteiger partial charge in [-0.2, -0.15) is 12.7 Å². The Kier molecular flexibility index (Phi) is 8.89. The first-order chi connectivity index (χ1) is 15.5. The summed E-state index contributed by atoms with van der Waals surface area (Å²) in [5.41, 5.74) is 0.237. The molecule has 0 saturated carbocycles. The van der Waals surface area contributed by atoms with Gasteiger partial charge < -0.3 is 10.2 Å². The first-order valence-electron chi connectivity index (χ1n) is 10.2. The lowest BCUT2D eigenvalue weighted by atomic mass is 10.1. The van der Waals surface area contributed by atoms with E-state index in [2.05, 4.69) is 5.32 Å². The van der Waals surface area contributed by atoms with E-state index in [1.54, 1.807) is 13.0 Å². The summed E-state index contributed by atoms with van der Waals surface area (Å²) in [6.45, 7) is 2.59. The molecule has 0 spiro atoms. The first-order valence-corrected chi connectivity index (χ1v) is 11.6. The second-order valence-corrected chi connectivity index (χ2v) is 9.52. The van der Waals surface area contributed by atoms with Crippen LogP contribution in [0, 0.1) is 11.6 Å². The van der Waals surface area contributed by atoms with Gasteiger partial charge in [0.2, 0.25) is 11.8 Å². The van der Waals surface area contributed by atoms with Gasteiger partial charge in [-0.3, -0.25) is 9.59 Å². The van der Waals surface area contributed by atoms with Gasteiger partial charge in [0.15, 0.2) is 0 Å². The molecule has 0 saturated heterocycles. The van der Waals surface area contributed by atoms with Crippen LogP contribution in [0.3, 0.4) is 0 Å². The fraction of sp³-hybridized carbons (Fsp3) is 0.364. The van der Waals surface area contributed by atoms with E-state index in [-0.39, 0.29) is 17.8 Å². The minimum absolute atomic E-state index is 0.0648. The molecular formula is C22H28F2N4O4S. The van der Waals surface area contributed by atoms with Crippen LogP contribution in [0.4, 0.5) is 14.5 Å². The Balaban J connectivity index is 2.45. The highest BCUT2D eigenvalue weighted by Crippen LogP contribution is 2.21. The highest BCUT2D eigenvalue weighted by atomic mass is 32.2. The number of hydrogen-bond donors (Lipinski definition) is 1. The van der Waals surface area contributed by atoms with Crippen molar-refractivity contribution in [1.29, 1.82) is 0 Å². The van der Waals surface area contributed by atoms with Gasteiger partial charge in [-0.1, -0.05) is 18.2 Å². The van der Waals surface area contributed by atoms with Gasteiger partial charge in [-0.15, -0.1) is 0 Å². The van der Waals surface area contributed by atoms with Crippen LogP contribution in [0.25, 0.3) is 0 Å². The van der Waals surface area contributed by atoms with Gasteiger partial charge in [-0.05, 0) is 44.2 Å². The number of amides is 2. The fourth-order valence-corrected chi connectivity index (χ4v) is 4.09. The summed E-state index contributed by atoms with van der Waals surface area (Å²) in [5, 5.41) is 2.61. The zero-order chi connectivity index (χ0) is 24.8. The molecule has 0 aliphatic heterocycles. The Morgan fingerprint density at radius 3 is 2.18 bits per heavy atom. The standard InChI is InChI=1S/C22H28F2N4O4S/c1-5-25-22(30)16(2)27(14-17-8-6-7-9-20(17)24)21(29)15-28(33(31,32)26(3)4)19-12-10-18(23)11-13-19/h6-13,16H,5,14-15H2,1-4H3,(H,25,30)/t16-/m1/s1. The number of nitrogens with one attached hydrogen (secondary N) is 1. The van der Waals surface area contributed by atoms with E-state index in [9.17, 15) is 26.8 Å². The zero-order valence-electron chi connectivity index (χ0n) is 19.0. The lowest BCUT2D eigenvalue weighted by Crippen LogP contribution is -2.52. The average Bonchev–Trinajstić information content (AvgIpc) is 2.77. The molecule has 2 amide bonds. The number of nitrogens with zero attached hydrogens (tertiary/aromatic N) is 3. The molecule has 0 aromatic heterocycles. The maximum atomic E-state index is 14.3. The molecule has 0 unspecified atom stereocenters. The van der Waals surface area contributed by atoms with E-state index < -0.39 is 46.2 Å². The van der Waals surface area contributed by atoms with Crippen molar-refractivity contribution in [1.82, 2.24) is 14.5 Å². The summed E-state index contributed by atoms with van der Waals surface area (Å²) < 4.78 is 55.3. The minimum atomic E-state index is -4.15. The van der Waals surface area contributed by atoms with Crippen molar-refractivity contribution in [3.05, 3.63) is 65.7 Å². The van der Waals surface area contributed by atoms with Crippen molar-refractivity contribution >= 4 is 27.7 Å². The van der Waals surface area contributed by atoms with E-state index in [4.69, 9.17) is 0 Å². The third-order valence-corrected chi connectivity index (χ3v) is 6.77. The predicted octanol–water partition coefficient (Wildman–Crippen LogP) is 2.13. The van der Waals surface area contributed by atoms with Crippen LogP contribution < -0.4 is 9.62 Å². The van der Waals surface area contributed by atoms with Crippen molar-refractivity contribution in [3.63, 3.8) is 0 Å². The number of benzene rings is 2. The quantitative estimate of drug-likeness (QED) is 0.562. The molecule has 0 radical (unpaired) electrons. The number of carbonyl (C=O) groups excluding carboxylic acids is 2. The molecule has 8 nitrogen and oxygen atoms in total. The average molecular weight is 483 g/mol. The third-order valence-electron chi connectivity index (χ3n) is 4.95. The normalized spacial score (nSPS) is 12.3. The van der Waals surface area contributed by atoms with Crippen molar-refractivity contribution in [2.45, 2.75) is 26.4 Å². The predicted molar refractivity (Wildman–Crippen MR) is 121 cm³/mol. The number of rotatable bonds is 10. The molecule has 33 heavy (non-hydrogen) atoms. The molecular weight excluding hydrogens is 454 g/mol. The van der Waals surface area contributed by atoms with Gasteiger partial charge in [0.05, 0.1) is 5.69 Å². The van der Waals surface area contributed by atoms with Crippen LogP contribution in [0.1, 0.15) is 19.4 Å². The second kappa shape index (κ2) is 11.2. The Morgan fingerprint density at radius 1 is 1.03 bits per heavy atom. The van der Waals surface area contributed by atoms with Crippen LogP contribution in [0.2, 0.25) is 0 Å². The zero-order valence-corrected chi connectivity index (χ0v) is 19.8. The summed E-state index contributed by atoms with van der Waals surface area (Å²) >= 11 is 0. The minimum Gasteiger partial charge on any atom is -0.355 e. The molecule has 0 aliphatic carbocycles. The molecule has 2 rings (SSSR count). The molecule has 0 fully saturated rings. The van der Waals surface area contributed by atoms with Crippen LogP contribution in [-0.2, 0) is 26.3 Å². The third kappa shape index (κ3) is 6.48. The molecule has 2 aromatic rings. The Labute approximate surface area is 193 Å². The summed E-state index contributed by atoms with van der Waals surface area (Å²) in [7, 11) is -1.56. The number of likely N-dealkylation sites (N-methyl/N-ethyl adjacent to an activating group) is 1. The molecule has 0 aliphatic rings. The summed E-state index contributed by atoms with van der Waals surface area (Å²) in [6, 6.07) is 9.42. The van der Waals surface area contributed by atoms with Gasteiger partial charge in [0.1, 0.15) is 24.2 Å². The molecule has 11 heteroatoms. The largest absolute Gasteiger partial charge is 0.355 e. The topological polar surface area (TPSA) is 90.0 Å². The van der Waals surface area contributed by atoms with Crippen molar-refractivity contribution in [3.8, 4) is 0 Å². The van der Waals surface area contributed by atoms with Crippen LogP contribution >= 0.6 is 0 Å². The van der Waals surface area contributed by atoms with Crippen molar-refractivity contribution in [2.24, 2.45) is 0 Å². The van der Waals surface area contributed by atoms with Crippen LogP contribution in [0.15, 0.2) is 48.5 Å². The monoisotopic (exact) mass is 482 g/mol. The van der Waals surface area contributed by atoms with E-state index in [0.717, 1.165) is 25.6 Å². The van der Waals surface area contributed by atoms with Gasteiger partial charge in [0.25, 0.3) is 0 Å². The maximum Gasteiger partial charge on any atom is 0.304 e. The molecule has 0 heterocycles. The van der Waals surface area contributed by atoms with E-state index >= 15 is 0 Å². The lowest BCUT2D eigenvalue weighted by molar-refractivity contribution is -0.139. The van der Waals surface area contributed by atoms with Gasteiger partial charge in [0, 0.05) is 32.7 Å². The smallest absolute Gasteiger partial charge is 0.304 e. The fourth-order valence-electron chi connectivity index (χ4n) is 3.04. The second-order valence-electron chi connectivity index (χ2n) is 7.46. The van der Waals surface area contributed by atoms with E-state index in [0.29, 0.717) is 6.54 Å². The van der Waals surface area contributed by atoms with Crippen molar-refractivity contribution in [2.75, 3.05) is 31.5 Å². The highest BCUT2D eigenvalue weighted by Gasteiger charge is 2.32. The first kappa shape index (κ1) is 26.2. The molecule has 0 bridgehead atoms. The summed E-state index contributed by atoms with van der Waals surface area (Å²) in [5.74, 6) is -2.33. The number of carbonyl (C=O) groups is 2.